The molecule has 2 aliphatic rings. The molecule has 8 heteroatoms. The molecule has 0 atom stereocenters. The summed E-state index contributed by atoms with van der Waals surface area (Å²) in [6.45, 7) is 3.61. The molecule has 1 aliphatic carbocycles. The van der Waals surface area contributed by atoms with Crippen molar-refractivity contribution in [1.82, 2.24) is 19.7 Å². The van der Waals surface area contributed by atoms with E-state index in [0.29, 0.717) is 12.6 Å². The first-order chi connectivity index (χ1) is 11.7. The van der Waals surface area contributed by atoms with Crippen molar-refractivity contribution in [3.05, 3.63) is 47.0 Å². The number of aromatic nitrogens is 3. The second-order valence-corrected chi connectivity index (χ2v) is 7.53. The number of nitrogens with zero attached hydrogens (tertiary/aromatic N) is 4. The van der Waals surface area contributed by atoms with Crippen LogP contribution in [-0.2, 0) is 18.5 Å². The van der Waals surface area contributed by atoms with Crippen molar-refractivity contribution in [3.8, 4) is 0 Å². The standard InChI is InChI=1S/C18H24ClN5.2ClH/c19-15-3-1-2-14(10-15)18(12-20)6-4-16(5-7-18)23-8-9-24-17(11-23)21-13-22-24;;/h1-3,10,13,16H,4-9,11-12,20H2;2*1H. The average Bonchev–Trinajstić information content (AvgIpc) is 3.09. The second kappa shape index (κ2) is 8.89. The summed E-state index contributed by atoms with van der Waals surface area (Å²) < 4.78 is 2.02. The van der Waals surface area contributed by atoms with Crippen molar-refractivity contribution in [2.24, 2.45) is 5.73 Å². The van der Waals surface area contributed by atoms with Crippen LogP contribution in [0.25, 0.3) is 0 Å². The van der Waals surface area contributed by atoms with Gasteiger partial charge in [0.05, 0.1) is 13.1 Å². The fourth-order valence-corrected chi connectivity index (χ4v) is 4.53. The molecule has 0 amide bonds. The van der Waals surface area contributed by atoms with Gasteiger partial charge in [0, 0.05) is 29.6 Å². The number of halogens is 3. The van der Waals surface area contributed by atoms with Gasteiger partial charge in [-0.2, -0.15) is 5.10 Å². The molecule has 26 heavy (non-hydrogen) atoms. The third-order valence-electron chi connectivity index (χ3n) is 5.90. The Labute approximate surface area is 172 Å². The van der Waals surface area contributed by atoms with Gasteiger partial charge in [-0.1, -0.05) is 23.7 Å². The summed E-state index contributed by atoms with van der Waals surface area (Å²) in [6, 6.07) is 8.87. The van der Waals surface area contributed by atoms with Crippen molar-refractivity contribution in [3.63, 3.8) is 0 Å². The maximum atomic E-state index is 6.22. The molecule has 1 saturated carbocycles. The van der Waals surface area contributed by atoms with Gasteiger partial charge < -0.3 is 5.73 Å². The molecule has 0 radical (unpaired) electrons. The van der Waals surface area contributed by atoms with Gasteiger partial charge in [-0.3, -0.25) is 4.90 Å². The SMILES string of the molecule is Cl.Cl.NCC1(c2cccc(Cl)c2)CCC(N2CCn3ncnc3C2)CC1. The van der Waals surface area contributed by atoms with Crippen LogP contribution in [0.4, 0.5) is 0 Å². The Balaban J connectivity index is 0.00000121. The third-order valence-corrected chi connectivity index (χ3v) is 6.13. The zero-order valence-electron chi connectivity index (χ0n) is 14.7. The van der Waals surface area contributed by atoms with E-state index in [9.17, 15) is 0 Å². The quantitative estimate of drug-likeness (QED) is 0.829. The van der Waals surface area contributed by atoms with Gasteiger partial charge in [0.2, 0.25) is 0 Å². The first kappa shape index (κ1) is 21.5. The van der Waals surface area contributed by atoms with Gasteiger partial charge in [-0.05, 0) is 43.4 Å². The Bertz CT molecular complexity index is 712. The summed E-state index contributed by atoms with van der Waals surface area (Å²) in [7, 11) is 0. The maximum Gasteiger partial charge on any atom is 0.141 e. The maximum absolute atomic E-state index is 6.22. The van der Waals surface area contributed by atoms with Gasteiger partial charge in [0.1, 0.15) is 12.2 Å². The minimum Gasteiger partial charge on any atom is -0.330 e. The van der Waals surface area contributed by atoms with Crippen LogP contribution in [0.5, 0.6) is 0 Å². The molecule has 5 nitrogen and oxygen atoms in total. The van der Waals surface area contributed by atoms with Gasteiger partial charge in [0.25, 0.3) is 0 Å². The highest BCUT2D eigenvalue weighted by atomic mass is 35.5. The summed E-state index contributed by atoms with van der Waals surface area (Å²) in [5.41, 5.74) is 7.60. The molecule has 1 fully saturated rings. The van der Waals surface area contributed by atoms with Gasteiger partial charge in [-0.25, -0.2) is 9.67 Å². The van der Waals surface area contributed by atoms with Crippen molar-refractivity contribution < 1.29 is 0 Å². The Morgan fingerprint density at radius 2 is 1.96 bits per heavy atom. The molecule has 1 aliphatic heterocycles. The van der Waals surface area contributed by atoms with Crippen LogP contribution < -0.4 is 5.73 Å². The molecule has 0 unspecified atom stereocenters. The molecule has 1 aromatic heterocycles. The summed E-state index contributed by atoms with van der Waals surface area (Å²) >= 11 is 6.21. The number of rotatable bonds is 3. The van der Waals surface area contributed by atoms with E-state index < -0.39 is 0 Å². The number of benzene rings is 1. The van der Waals surface area contributed by atoms with E-state index in [1.165, 1.54) is 18.4 Å². The molecule has 0 spiro atoms. The highest BCUT2D eigenvalue weighted by Gasteiger charge is 2.38. The fourth-order valence-electron chi connectivity index (χ4n) is 4.34. The van der Waals surface area contributed by atoms with Crippen LogP contribution in [0.2, 0.25) is 5.02 Å². The Kier molecular flexibility index (Phi) is 7.34. The Morgan fingerprint density at radius 3 is 2.65 bits per heavy atom. The molecule has 2 aromatic rings. The number of hydrogen-bond donors (Lipinski definition) is 1. The molecular formula is C18H26Cl3N5. The average molecular weight is 419 g/mol. The van der Waals surface area contributed by atoms with Crippen molar-refractivity contribution in [2.75, 3.05) is 13.1 Å². The van der Waals surface area contributed by atoms with Crippen LogP contribution in [0, 0.1) is 0 Å². The van der Waals surface area contributed by atoms with Crippen LogP contribution >= 0.6 is 36.4 Å². The van der Waals surface area contributed by atoms with Gasteiger partial charge in [0.15, 0.2) is 0 Å². The van der Waals surface area contributed by atoms with Crippen molar-refractivity contribution in [1.29, 1.82) is 0 Å². The predicted octanol–water partition coefficient (Wildman–Crippen LogP) is 3.43. The number of nitrogens with two attached hydrogens (primary N) is 1. The highest BCUT2D eigenvalue weighted by Crippen LogP contribution is 2.41. The smallest absolute Gasteiger partial charge is 0.141 e. The van der Waals surface area contributed by atoms with Crippen LogP contribution in [0.1, 0.15) is 37.1 Å². The number of fused-ring (bicyclic) bond motifs is 1. The minimum atomic E-state index is 0. The summed E-state index contributed by atoms with van der Waals surface area (Å²) in [4.78, 5) is 6.95. The van der Waals surface area contributed by atoms with E-state index >= 15 is 0 Å². The third kappa shape index (κ3) is 4.02. The molecule has 2 N–H and O–H groups in total. The molecule has 0 bridgehead atoms. The normalized spacial score (nSPS) is 25.7. The Hall–Kier alpha value is -0.850. The summed E-state index contributed by atoms with van der Waals surface area (Å²) in [5, 5.41) is 5.07. The lowest BCUT2D eigenvalue weighted by Gasteiger charge is -2.44. The zero-order chi connectivity index (χ0) is 16.6. The summed E-state index contributed by atoms with van der Waals surface area (Å²) in [5.74, 6) is 1.09. The van der Waals surface area contributed by atoms with Crippen molar-refractivity contribution >= 4 is 36.4 Å². The monoisotopic (exact) mass is 417 g/mol. The van der Waals surface area contributed by atoms with E-state index in [1.807, 2.05) is 16.8 Å². The van der Waals surface area contributed by atoms with Crippen molar-refractivity contribution in [2.45, 2.75) is 50.2 Å². The van der Waals surface area contributed by atoms with E-state index in [1.54, 1.807) is 6.33 Å². The first-order valence-electron chi connectivity index (χ1n) is 8.77. The molecule has 144 valence electrons. The topological polar surface area (TPSA) is 60.0 Å². The van der Waals surface area contributed by atoms with E-state index in [4.69, 9.17) is 17.3 Å². The Morgan fingerprint density at radius 1 is 1.19 bits per heavy atom. The second-order valence-electron chi connectivity index (χ2n) is 7.10. The largest absolute Gasteiger partial charge is 0.330 e. The zero-order valence-corrected chi connectivity index (χ0v) is 17.1. The molecule has 1 aromatic carbocycles. The highest BCUT2D eigenvalue weighted by molar-refractivity contribution is 6.30. The van der Waals surface area contributed by atoms with Crippen LogP contribution in [-0.4, -0.2) is 38.8 Å². The van der Waals surface area contributed by atoms with E-state index in [2.05, 4.69) is 27.1 Å². The minimum absolute atomic E-state index is 0. The molecule has 0 saturated heterocycles. The van der Waals surface area contributed by atoms with Gasteiger partial charge in [-0.15, -0.1) is 24.8 Å². The molecule has 2 heterocycles. The lowest BCUT2D eigenvalue weighted by Crippen LogP contribution is -2.47. The predicted molar refractivity (Wildman–Crippen MR) is 109 cm³/mol. The van der Waals surface area contributed by atoms with Crippen LogP contribution in [0.15, 0.2) is 30.6 Å². The van der Waals surface area contributed by atoms with E-state index in [0.717, 1.165) is 43.3 Å². The van der Waals surface area contributed by atoms with Gasteiger partial charge >= 0.3 is 0 Å². The lowest BCUT2D eigenvalue weighted by atomic mass is 9.68. The van der Waals surface area contributed by atoms with Crippen LogP contribution in [0.3, 0.4) is 0 Å². The molecule has 4 rings (SSSR count). The number of hydrogen-bond acceptors (Lipinski definition) is 4. The van der Waals surface area contributed by atoms with E-state index in [-0.39, 0.29) is 30.2 Å². The lowest BCUT2D eigenvalue weighted by molar-refractivity contribution is 0.0948. The molecular weight excluding hydrogens is 393 g/mol. The first-order valence-corrected chi connectivity index (χ1v) is 9.15. The summed E-state index contributed by atoms with van der Waals surface area (Å²) in [6.07, 6.45) is 6.27. The fraction of sp³-hybridized carbons (Fsp3) is 0.556.